The molecule has 1 aliphatic rings. The van der Waals surface area contributed by atoms with Gasteiger partial charge in [0.25, 0.3) is 11.6 Å². The summed E-state index contributed by atoms with van der Waals surface area (Å²) in [5, 5.41) is 10.8. The van der Waals surface area contributed by atoms with Crippen LogP contribution in [0.3, 0.4) is 0 Å². The number of nitro benzene ring substituents is 1. The quantitative estimate of drug-likeness (QED) is 0.619. The Kier molecular flexibility index (Phi) is 4.28. The fourth-order valence-electron chi connectivity index (χ4n) is 2.69. The second-order valence-electron chi connectivity index (χ2n) is 5.37. The topological polar surface area (TPSA) is 63.5 Å². The van der Waals surface area contributed by atoms with E-state index in [1.807, 2.05) is 6.92 Å². The maximum Gasteiger partial charge on any atom is 0.288 e. The smallest absolute Gasteiger partial charge is 0.288 e. The van der Waals surface area contributed by atoms with E-state index in [1.165, 1.54) is 12.1 Å². The Morgan fingerprint density at radius 3 is 2.75 bits per heavy atom. The molecular formula is C14H17ClN2O3. The van der Waals surface area contributed by atoms with E-state index in [9.17, 15) is 14.9 Å². The van der Waals surface area contributed by atoms with Crippen LogP contribution < -0.4 is 0 Å². The average molecular weight is 297 g/mol. The molecule has 2 atom stereocenters. The summed E-state index contributed by atoms with van der Waals surface area (Å²) in [6.45, 7) is 4.83. The molecule has 0 aliphatic carbocycles. The standard InChI is InChI=1S/C14H17ClN2O3/c1-9-6-7-16(10(2)8-9)14(18)11-4-3-5-12(13(11)15)17(19)20/h3-5,9-10H,6-8H2,1-2H3. The Bertz CT molecular complexity index is 547. The van der Waals surface area contributed by atoms with Crippen molar-refractivity contribution in [3.05, 3.63) is 38.9 Å². The second kappa shape index (κ2) is 5.79. The summed E-state index contributed by atoms with van der Waals surface area (Å²) in [7, 11) is 0. The van der Waals surface area contributed by atoms with Gasteiger partial charge in [-0.3, -0.25) is 14.9 Å². The van der Waals surface area contributed by atoms with E-state index in [4.69, 9.17) is 11.6 Å². The number of halogens is 1. The number of benzene rings is 1. The Balaban J connectivity index is 2.30. The fraction of sp³-hybridized carbons (Fsp3) is 0.500. The minimum Gasteiger partial charge on any atom is -0.336 e. The molecule has 20 heavy (non-hydrogen) atoms. The first-order valence-corrected chi connectivity index (χ1v) is 7.03. The molecule has 2 unspecified atom stereocenters. The number of rotatable bonds is 2. The van der Waals surface area contributed by atoms with Crippen molar-refractivity contribution in [2.75, 3.05) is 6.54 Å². The lowest BCUT2D eigenvalue weighted by atomic mass is 9.93. The molecule has 1 amide bonds. The minimum atomic E-state index is -0.569. The predicted molar refractivity (Wildman–Crippen MR) is 77.0 cm³/mol. The van der Waals surface area contributed by atoms with Crippen LogP contribution >= 0.6 is 11.6 Å². The third-order valence-corrected chi connectivity index (χ3v) is 4.20. The van der Waals surface area contributed by atoms with Crippen LogP contribution in [0.2, 0.25) is 5.02 Å². The summed E-state index contributed by atoms with van der Waals surface area (Å²) in [5.74, 6) is 0.368. The monoisotopic (exact) mass is 296 g/mol. The van der Waals surface area contributed by atoms with E-state index < -0.39 is 4.92 Å². The van der Waals surface area contributed by atoms with Crippen molar-refractivity contribution >= 4 is 23.2 Å². The molecule has 0 bridgehead atoms. The van der Waals surface area contributed by atoms with Gasteiger partial charge in [0, 0.05) is 18.7 Å². The predicted octanol–water partition coefficient (Wildman–Crippen LogP) is 3.51. The van der Waals surface area contributed by atoms with Crippen molar-refractivity contribution in [1.82, 2.24) is 4.90 Å². The Labute approximate surface area is 122 Å². The molecule has 0 aromatic heterocycles. The Hall–Kier alpha value is -1.62. The number of carbonyl (C=O) groups excluding carboxylic acids is 1. The van der Waals surface area contributed by atoms with Gasteiger partial charge in [-0.2, -0.15) is 0 Å². The number of amides is 1. The molecule has 2 rings (SSSR count). The molecular weight excluding hydrogens is 280 g/mol. The first kappa shape index (κ1) is 14.8. The normalized spacial score (nSPS) is 22.6. The van der Waals surface area contributed by atoms with Crippen LogP contribution in [0, 0.1) is 16.0 Å². The van der Waals surface area contributed by atoms with Crippen LogP contribution in [0.5, 0.6) is 0 Å². The van der Waals surface area contributed by atoms with Crippen LogP contribution in [-0.2, 0) is 0 Å². The third-order valence-electron chi connectivity index (χ3n) is 3.80. The first-order chi connectivity index (χ1) is 9.41. The summed E-state index contributed by atoms with van der Waals surface area (Å²) in [4.78, 5) is 24.6. The van der Waals surface area contributed by atoms with Crippen molar-refractivity contribution in [2.24, 2.45) is 5.92 Å². The fourth-order valence-corrected chi connectivity index (χ4v) is 2.97. The number of piperidine rings is 1. The summed E-state index contributed by atoms with van der Waals surface area (Å²) in [6, 6.07) is 4.47. The van der Waals surface area contributed by atoms with E-state index in [0.717, 1.165) is 12.8 Å². The lowest BCUT2D eigenvalue weighted by Crippen LogP contribution is -2.44. The van der Waals surface area contributed by atoms with Gasteiger partial charge in [-0.25, -0.2) is 0 Å². The first-order valence-electron chi connectivity index (χ1n) is 6.65. The number of nitro groups is 1. The number of hydrogen-bond donors (Lipinski definition) is 0. The summed E-state index contributed by atoms with van der Waals surface area (Å²) < 4.78 is 0. The highest BCUT2D eigenvalue weighted by Crippen LogP contribution is 2.31. The van der Waals surface area contributed by atoms with Gasteiger partial charge < -0.3 is 4.90 Å². The van der Waals surface area contributed by atoms with Gasteiger partial charge in [0.15, 0.2) is 0 Å². The molecule has 1 aromatic carbocycles. The van der Waals surface area contributed by atoms with Crippen LogP contribution in [0.25, 0.3) is 0 Å². The highest BCUT2D eigenvalue weighted by Gasteiger charge is 2.30. The molecule has 1 aliphatic heterocycles. The Morgan fingerprint density at radius 2 is 2.15 bits per heavy atom. The molecule has 0 spiro atoms. The van der Waals surface area contributed by atoms with E-state index in [1.54, 1.807) is 11.0 Å². The van der Waals surface area contributed by atoms with Crippen LogP contribution in [0.15, 0.2) is 18.2 Å². The van der Waals surface area contributed by atoms with Crippen molar-refractivity contribution in [1.29, 1.82) is 0 Å². The average Bonchev–Trinajstić information content (AvgIpc) is 2.38. The second-order valence-corrected chi connectivity index (χ2v) is 5.75. The highest BCUT2D eigenvalue weighted by atomic mass is 35.5. The van der Waals surface area contributed by atoms with Gasteiger partial charge in [0.1, 0.15) is 5.02 Å². The van der Waals surface area contributed by atoms with Crippen molar-refractivity contribution in [3.63, 3.8) is 0 Å². The molecule has 1 aromatic rings. The van der Waals surface area contributed by atoms with Gasteiger partial charge >= 0.3 is 0 Å². The lowest BCUT2D eigenvalue weighted by molar-refractivity contribution is -0.384. The SMILES string of the molecule is CC1CCN(C(=O)c2cccc([N+](=O)[O-])c2Cl)C(C)C1. The van der Waals surface area contributed by atoms with Gasteiger partial charge in [-0.05, 0) is 31.7 Å². The molecule has 1 heterocycles. The maximum atomic E-state index is 12.5. The molecule has 1 saturated heterocycles. The van der Waals surface area contributed by atoms with Gasteiger partial charge in [-0.15, -0.1) is 0 Å². The molecule has 1 fully saturated rings. The molecule has 108 valence electrons. The zero-order valence-corrected chi connectivity index (χ0v) is 12.3. The Morgan fingerprint density at radius 1 is 1.45 bits per heavy atom. The number of carbonyl (C=O) groups is 1. The van der Waals surface area contributed by atoms with Gasteiger partial charge in [0.2, 0.25) is 0 Å². The van der Waals surface area contributed by atoms with Crippen LogP contribution in [0.4, 0.5) is 5.69 Å². The van der Waals surface area contributed by atoms with Crippen molar-refractivity contribution in [2.45, 2.75) is 32.7 Å². The lowest BCUT2D eigenvalue weighted by Gasteiger charge is -2.36. The highest BCUT2D eigenvalue weighted by molar-refractivity contribution is 6.35. The maximum absolute atomic E-state index is 12.5. The van der Waals surface area contributed by atoms with Gasteiger partial charge in [-0.1, -0.05) is 24.6 Å². The largest absolute Gasteiger partial charge is 0.336 e. The van der Waals surface area contributed by atoms with Gasteiger partial charge in [0.05, 0.1) is 10.5 Å². The molecule has 0 radical (unpaired) electrons. The summed E-state index contributed by atoms with van der Waals surface area (Å²) >= 11 is 6.01. The van der Waals surface area contributed by atoms with E-state index in [-0.39, 0.29) is 28.2 Å². The number of nitrogens with zero attached hydrogens (tertiary/aromatic N) is 2. The molecule has 0 saturated carbocycles. The zero-order chi connectivity index (χ0) is 14.9. The van der Waals surface area contributed by atoms with Crippen LogP contribution in [-0.4, -0.2) is 28.3 Å². The molecule has 5 nitrogen and oxygen atoms in total. The summed E-state index contributed by atoms with van der Waals surface area (Å²) in [5.41, 5.74) is -0.0159. The van der Waals surface area contributed by atoms with E-state index >= 15 is 0 Å². The minimum absolute atomic E-state index is 0.0756. The number of hydrogen-bond acceptors (Lipinski definition) is 3. The van der Waals surface area contributed by atoms with E-state index in [2.05, 4.69) is 6.92 Å². The number of likely N-dealkylation sites (tertiary alicyclic amines) is 1. The molecule has 0 N–H and O–H groups in total. The molecule has 6 heteroatoms. The zero-order valence-electron chi connectivity index (χ0n) is 11.5. The van der Waals surface area contributed by atoms with Crippen LogP contribution in [0.1, 0.15) is 37.0 Å². The third kappa shape index (κ3) is 2.77. The van der Waals surface area contributed by atoms with E-state index in [0.29, 0.717) is 12.5 Å². The van der Waals surface area contributed by atoms with Crippen molar-refractivity contribution < 1.29 is 9.72 Å². The van der Waals surface area contributed by atoms with Crippen molar-refractivity contribution in [3.8, 4) is 0 Å². The summed E-state index contributed by atoms with van der Waals surface area (Å²) in [6.07, 6.45) is 1.89.